The van der Waals surface area contributed by atoms with Crippen molar-refractivity contribution in [1.82, 2.24) is 10.2 Å². The van der Waals surface area contributed by atoms with Crippen LogP contribution in [0.1, 0.15) is 103 Å². The zero-order valence-corrected chi connectivity index (χ0v) is 17.3. The van der Waals surface area contributed by atoms with E-state index in [4.69, 9.17) is 5.11 Å². The zero-order valence-electron chi connectivity index (χ0n) is 17.3. The number of nitrogens with one attached hydrogen (secondary N) is 1. The van der Waals surface area contributed by atoms with Crippen LogP contribution in [-0.2, 0) is 0 Å². The maximum atomic E-state index is 9.05. The average Bonchev–Trinajstić information content (AvgIpc) is 3.09. The molecule has 26 heavy (non-hydrogen) atoms. The van der Waals surface area contributed by atoms with Gasteiger partial charge in [0, 0.05) is 18.9 Å². The third-order valence-electron chi connectivity index (χ3n) is 5.30. The van der Waals surface area contributed by atoms with Crippen molar-refractivity contribution in [3.63, 3.8) is 0 Å². The Morgan fingerprint density at radius 1 is 0.846 bits per heavy atom. The van der Waals surface area contributed by atoms with E-state index in [-0.39, 0.29) is 6.61 Å². The summed E-state index contributed by atoms with van der Waals surface area (Å²) in [7, 11) is 0. The van der Waals surface area contributed by atoms with Gasteiger partial charge in [0.15, 0.2) is 0 Å². The minimum Gasteiger partial charge on any atom is -0.395 e. The van der Waals surface area contributed by atoms with E-state index < -0.39 is 0 Å². The summed E-state index contributed by atoms with van der Waals surface area (Å²) in [5.41, 5.74) is 0. The van der Waals surface area contributed by atoms with Crippen LogP contribution in [0, 0.1) is 0 Å². The van der Waals surface area contributed by atoms with Crippen molar-refractivity contribution in [1.29, 1.82) is 0 Å². The molecule has 2 N–H and O–H groups in total. The van der Waals surface area contributed by atoms with Crippen molar-refractivity contribution in [3.8, 4) is 0 Å². The van der Waals surface area contributed by atoms with Gasteiger partial charge in [-0.15, -0.1) is 0 Å². The Morgan fingerprint density at radius 2 is 1.42 bits per heavy atom. The largest absolute Gasteiger partial charge is 0.395 e. The Kier molecular flexibility index (Phi) is 15.5. The van der Waals surface area contributed by atoms with E-state index >= 15 is 0 Å². The molecule has 1 rings (SSSR count). The summed E-state index contributed by atoms with van der Waals surface area (Å²) < 4.78 is 0. The Balaban J connectivity index is 1.79. The maximum absolute atomic E-state index is 9.05. The van der Waals surface area contributed by atoms with Gasteiger partial charge in [0.1, 0.15) is 0 Å². The molecule has 3 heteroatoms. The van der Waals surface area contributed by atoms with E-state index in [9.17, 15) is 0 Å². The third kappa shape index (κ3) is 12.4. The number of hydrogen-bond acceptors (Lipinski definition) is 3. The summed E-state index contributed by atoms with van der Waals surface area (Å²) in [6, 6.07) is 0. The quantitative estimate of drug-likeness (QED) is 0.227. The number of unbranched alkanes of at least 4 members (excludes halogenated alkanes) is 12. The molecule has 0 aliphatic carbocycles. The topological polar surface area (TPSA) is 35.5 Å². The second-order valence-corrected chi connectivity index (χ2v) is 7.69. The Morgan fingerprint density at radius 3 is 2.04 bits per heavy atom. The summed E-state index contributed by atoms with van der Waals surface area (Å²) in [5.74, 6) is 0. The molecular weight excluding hydrogens is 320 g/mol. The second-order valence-electron chi connectivity index (χ2n) is 7.69. The number of aliphatic hydroxyl groups is 1. The maximum Gasteiger partial charge on any atom is 0.0982 e. The van der Waals surface area contributed by atoms with E-state index in [1.165, 1.54) is 96.3 Å². The zero-order chi connectivity index (χ0) is 18.7. The van der Waals surface area contributed by atoms with Gasteiger partial charge in [0.2, 0.25) is 0 Å². The van der Waals surface area contributed by atoms with Gasteiger partial charge in [0.05, 0.1) is 12.8 Å². The van der Waals surface area contributed by atoms with Gasteiger partial charge in [-0.1, -0.05) is 76.9 Å². The Hall–Kier alpha value is -0.960. The first kappa shape index (κ1) is 23.1. The molecule has 1 atom stereocenters. The highest BCUT2D eigenvalue weighted by molar-refractivity contribution is 4.93. The summed E-state index contributed by atoms with van der Waals surface area (Å²) in [4.78, 5) is 2.20. The summed E-state index contributed by atoms with van der Waals surface area (Å²) >= 11 is 0. The number of aliphatic hydroxyl groups excluding tert-OH is 1. The lowest BCUT2D eigenvalue weighted by Gasteiger charge is -2.24. The molecule has 3 nitrogen and oxygen atoms in total. The molecular formula is C23H44N2O. The first-order valence-corrected chi connectivity index (χ1v) is 11.3. The minimum absolute atomic E-state index is 0.230. The molecule has 0 bridgehead atoms. The van der Waals surface area contributed by atoms with Crippen LogP contribution in [0.15, 0.2) is 24.6 Å². The van der Waals surface area contributed by atoms with Gasteiger partial charge in [-0.2, -0.15) is 0 Å². The smallest absolute Gasteiger partial charge is 0.0982 e. The van der Waals surface area contributed by atoms with Crippen molar-refractivity contribution in [2.24, 2.45) is 0 Å². The average molecular weight is 365 g/mol. The first-order valence-electron chi connectivity index (χ1n) is 11.3. The number of allylic oxidation sites excluding steroid dienone is 2. The number of nitrogens with zero attached hydrogens (tertiary/aromatic N) is 1. The fourth-order valence-corrected chi connectivity index (χ4v) is 3.63. The van der Waals surface area contributed by atoms with Gasteiger partial charge in [-0.3, -0.25) is 0 Å². The van der Waals surface area contributed by atoms with Crippen molar-refractivity contribution in [2.75, 3.05) is 13.2 Å². The van der Waals surface area contributed by atoms with Crippen molar-refractivity contribution >= 4 is 0 Å². The summed E-state index contributed by atoms with van der Waals surface area (Å²) in [6.45, 7) is 3.25. The molecule has 0 radical (unpaired) electrons. The van der Waals surface area contributed by atoms with Crippen LogP contribution in [-0.4, -0.2) is 29.3 Å². The van der Waals surface area contributed by atoms with Crippen molar-refractivity contribution in [3.05, 3.63) is 24.6 Å². The molecule has 0 spiro atoms. The van der Waals surface area contributed by atoms with E-state index in [1.807, 2.05) is 6.20 Å². The standard InChI is InChI=1S/C23H44N2O/c1-2-3-4-5-6-7-8-9-10-11-12-13-14-15-16-17-18-23-24-19-20-25(23)21-22-26/h11-12,19-20,23-24,26H,2-10,13-18,21-22H2,1H3/b12-11+. The van der Waals surface area contributed by atoms with Crippen molar-refractivity contribution in [2.45, 2.75) is 109 Å². The first-order chi connectivity index (χ1) is 12.9. The summed E-state index contributed by atoms with van der Waals surface area (Å²) in [5, 5.41) is 12.4. The van der Waals surface area contributed by atoms with E-state index in [1.54, 1.807) is 0 Å². The van der Waals surface area contributed by atoms with Crippen molar-refractivity contribution < 1.29 is 5.11 Å². The van der Waals surface area contributed by atoms with Crippen LogP contribution in [0.25, 0.3) is 0 Å². The van der Waals surface area contributed by atoms with Gasteiger partial charge >= 0.3 is 0 Å². The fraction of sp³-hybridized carbons (Fsp3) is 0.826. The predicted molar refractivity (Wildman–Crippen MR) is 114 cm³/mol. The van der Waals surface area contributed by atoms with E-state index in [0.717, 1.165) is 6.54 Å². The molecule has 0 fully saturated rings. The molecule has 0 saturated heterocycles. The van der Waals surface area contributed by atoms with Crippen LogP contribution in [0.2, 0.25) is 0 Å². The highest BCUT2D eigenvalue weighted by Gasteiger charge is 2.16. The highest BCUT2D eigenvalue weighted by Crippen LogP contribution is 2.14. The molecule has 1 unspecified atom stereocenters. The van der Waals surface area contributed by atoms with Crippen LogP contribution in [0.4, 0.5) is 0 Å². The van der Waals surface area contributed by atoms with Gasteiger partial charge in [-0.05, 0) is 38.5 Å². The van der Waals surface area contributed by atoms with Gasteiger partial charge in [-0.25, -0.2) is 0 Å². The lowest BCUT2D eigenvalue weighted by molar-refractivity contribution is 0.194. The van der Waals surface area contributed by atoms with E-state index in [2.05, 4.69) is 35.5 Å². The molecule has 0 aromatic carbocycles. The van der Waals surface area contributed by atoms with Crippen LogP contribution in [0.5, 0.6) is 0 Å². The molecule has 0 aromatic rings. The lowest BCUT2D eigenvalue weighted by Crippen LogP contribution is -2.36. The highest BCUT2D eigenvalue weighted by atomic mass is 16.3. The Labute approximate surface area is 162 Å². The SMILES string of the molecule is CCCCCCCCCC/C=C/CCCCCCC1NC=CN1CCO. The molecule has 0 aromatic heterocycles. The fourth-order valence-electron chi connectivity index (χ4n) is 3.63. The number of hydrogen-bond donors (Lipinski definition) is 2. The lowest BCUT2D eigenvalue weighted by atomic mass is 10.1. The van der Waals surface area contributed by atoms with Crippen LogP contribution >= 0.6 is 0 Å². The van der Waals surface area contributed by atoms with Gasteiger partial charge < -0.3 is 15.3 Å². The molecule has 0 amide bonds. The number of rotatable bonds is 18. The Bertz CT molecular complexity index is 354. The van der Waals surface area contributed by atoms with E-state index in [0.29, 0.717) is 6.17 Å². The predicted octanol–water partition coefficient (Wildman–Crippen LogP) is 6.11. The van der Waals surface area contributed by atoms with Crippen LogP contribution < -0.4 is 5.32 Å². The van der Waals surface area contributed by atoms with Crippen LogP contribution in [0.3, 0.4) is 0 Å². The normalized spacial score (nSPS) is 16.7. The molecule has 1 aliphatic heterocycles. The molecule has 1 aliphatic rings. The second kappa shape index (κ2) is 17.5. The monoisotopic (exact) mass is 364 g/mol. The summed E-state index contributed by atoms with van der Waals surface area (Å²) in [6.07, 6.45) is 29.5. The third-order valence-corrected chi connectivity index (χ3v) is 5.30. The minimum atomic E-state index is 0.230. The molecule has 152 valence electrons. The molecule has 1 heterocycles. The van der Waals surface area contributed by atoms with Gasteiger partial charge in [0.25, 0.3) is 0 Å². The molecule has 0 saturated carbocycles. The number of β-amino-alcohol motifs (C(OH)–C–C–N with tert-alkyl or cyclic N) is 1.